The molecule has 0 bridgehead atoms. The molecule has 0 aromatic rings. The van der Waals surface area contributed by atoms with Crippen molar-refractivity contribution in [3.63, 3.8) is 0 Å². The first kappa shape index (κ1) is 17.6. The minimum atomic E-state index is -0.725. The molecule has 0 saturated carbocycles. The highest BCUT2D eigenvalue weighted by Gasteiger charge is 2.12. The summed E-state index contributed by atoms with van der Waals surface area (Å²) in [5, 5.41) is 0. The van der Waals surface area contributed by atoms with E-state index in [2.05, 4.69) is 10.5 Å². The van der Waals surface area contributed by atoms with Gasteiger partial charge < -0.3 is 20.9 Å². The second kappa shape index (κ2) is 10.7. The number of primary amides is 1. The lowest BCUT2D eigenvalue weighted by atomic mass is 10.2. The molecule has 0 aliphatic carbocycles. The predicted molar refractivity (Wildman–Crippen MR) is 65.2 cm³/mol. The summed E-state index contributed by atoms with van der Waals surface area (Å²) in [7, 11) is 1.50. The molecule has 4 N–H and O–H groups in total. The monoisotopic (exact) mass is 234 g/mol. The van der Waals surface area contributed by atoms with Gasteiger partial charge in [0.25, 0.3) is 0 Å². The van der Waals surface area contributed by atoms with Gasteiger partial charge in [0.15, 0.2) is 0 Å². The molecule has 5 heteroatoms. The normalized spacial score (nSPS) is 14.8. The fourth-order valence-electron chi connectivity index (χ4n) is 0.989. The standard InChI is InChI=1S/C5H11NO2.C5H10O.CH5N/c1-5(2,3)8-4(6)7;1-2-4-6-5-3-1;1-2/h1-3H3,(H2,6,7);1-5H2;2H2,1H3. The van der Waals surface area contributed by atoms with Crippen LogP contribution in [0.2, 0.25) is 0 Å². The Balaban J connectivity index is 0. The molecule has 1 heterocycles. The zero-order valence-electron chi connectivity index (χ0n) is 10.9. The molecule has 0 aromatic carbocycles. The van der Waals surface area contributed by atoms with E-state index in [1.807, 2.05) is 0 Å². The number of carbonyl (C=O) groups excluding carboxylic acids is 1. The van der Waals surface area contributed by atoms with Crippen molar-refractivity contribution in [3.8, 4) is 0 Å². The Bertz CT molecular complexity index is 152. The van der Waals surface area contributed by atoms with Crippen LogP contribution < -0.4 is 11.5 Å². The highest BCUT2D eigenvalue weighted by atomic mass is 16.6. The molecule has 0 atom stereocenters. The van der Waals surface area contributed by atoms with E-state index in [-0.39, 0.29) is 0 Å². The molecule has 1 amide bonds. The molecule has 0 unspecified atom stereocenters. The van der Waals surface area contributed by atoms with Crippen molar-refractivity contribution in [2.24, 2.45) is 11.5 Å². The van der Waals surface area contributed by atoms with Crippen molar-refractivity contribution in [1.29, 1.82) is 0 Å². The summed E-state index contributed by atoms with van der Waals surface area (Å²) >= 11 is 0. The minimum Gasteiger partial charge on any atom is -0.444 e. The molecule has 0 spiro atoms. The quantitative estimate of drug-likeness (QED) is 0.667. The van der Waals surface area contributed by atoms with E-state index in [1.54, 1.807) is 20.8 Å². The lowest BCUT2D eigenvalue weighted by Gasteiger charge is -2.16. The molecule has 16 heavy (non-hydrogen) atoms. The summed E-state index contributed by atoms with van der Waals surface area (Å²) in [6.45, 7) is 7.28. The van der Waals surface area contributed by atoms with E-state index in [4.69, 9.17) is 10.5 Å². The summed E-state index contributed by atoms with van der Waals surface area (Å²) in [5.74, 6) is 0. The molecule has 1 aliphatic heterocycles. The first-order chi connectivity index (χ1) is 7.42. The van der Waals surface area contributed by atoms with E-state index in [0.717, 1.165) is 13.2 Å². The van der Waals surface area contributed by atoms with Crippen LogP contribution in [0.15, 0.2) is 0 Å². The number of nitrogens with two attached hydrogens (primary N) is 2. The highest BCUT2D eigenvalue weighted by Crippen LogP contribution is 2.04. The van der Waals surface area contributed by atoms with Crippen molar-refractivity contribution < 1.29 is 14.3 Å². The number of rotatable bonds is 0. The largest absolute Gasteiger partial charge is 0.444 e. The fourth-order valence-corrected chi connectivity index (χ4v) is 0.989. The Morgan fingerprint density at radius 2 is 1.56 bits per heavy atom. The Hall–Kier alpha value is -0.810. The average molecular weight is 234 g/mol. The maximum Gasteiger partial charge on any atom is 0.405 e. The lowest BCUT2D eigenvalue weighted by Crippen LogP contribution is -2.27. The Labute approximate surface area is 98.5 Å². The van der Waals surface area contributed by atoms with Crippen molar-refractivity contribution in [1.82, 2.24) is 0 Å². The first-order valence-corrected chi connectivity index (χ1v) is 5.56. The zero-order valence-corrected chi connectivity index (χ0v) is 10.9. The smallest absolute Gasteiger partial charge is 0.405 e. The van der Waals surface area contributed by atoms with Gasteiger partial charge in [0.05, 0.1) is 0 Å². The number of hydrogen-bond donors (Lipinski definition) is 2. The number of carbonyl (C=O) groups is 1. The summed E-state index contributed by atoms with van der Waals surface area (Å²) in [6, 6.07) is 0. The van der Waals surface area contributed by atoms with Gasteiger partial charge in [0, 0.05) is 13.2 Å². The van der Waals surface area contributed by atoms with Crippen molar-refractivity contribution in [2.75, 3.05) is 20.3 Å². The Morgan fingerprint density at radius 3 is 1.62 bits per heavy atom. The van der Waals surface area contributed by atoms with Crippen LogP contribution in [-0.2, 0) is 9.47 Å². The Kier molecular flexibility index (Phi) is 11.8. The van der Waals surface area contributed by atoms with Crippen LogP contribution >= 0.6 is 0 Å². The third-order valence-electron chi connectivity index (χ3n) is 1.48. The SMILES string of the molecule is C1CCOCC1.CC(C)(C)OC(N)=O.CN. The van der Waals surface area contributed by atoms with Gasteiger partial charge in [-0.05, 0) is 47.1 Å². The second-order valence-corrected chi connectivity index (χ2v) is 4.21. The van der Waals surface area contributed by atoms with Gasteiger partial charge in [-0.15, -0.1) is 0 Å². The number of hydrogen-bond acceptors (Lipinski definition) is 4. The van der Waals surface area contributed by atoms with E-state index >= 15 is 0 Å². The number of amides is 1. The Morgan fingerprint density at radius 1 is 1.12 bits per heavy atom. The van der Waals surface area contributed by atoms with Gasteiger partial charge in [-0.25, -0.2) is 4.79 Å². The maximum absolute atomic E-state index is 10.0. The summed E-state index contributed by atoms with van der Waals surface area (Å²) in [5.41, 5.74) is 8.76. The van der Waals surface area contributed by atoms with E-state index in [9.17, 15) is 4.79 Å². The zero-order chi connectivity index (χ0) is 13.0. The van der Waals surface area contributed by atoms with Crippen LogP contribution in [0.3, 0.4) is 0 Å². The molecule has 1 saturated heterocycles. The average Bonchev–Trinajstić information content (AvgIpc) is 2.20. The minimum absolute atomic E-state index is 0.453. The fraction of sp³-hybridized carbons (Fsp3) is 0.909. The van der Waals surface area contributed by atoms with Gasteiger partial charge in [0.1, 0.15) is 5.60 Å². The third-order valence-corrected chi connectivity index (χ3v) is 1.48. The molecule has 1 aliphatic rings. The first-order valence-electron chi connectivity index (χ1n) is 5.56. The van der Waals surface area contributed by atoms with E-state index in [1.165, 1.54) is 26.3 Å². The lowest BCUT2D eigenvalue weighted by molar-refractivity contribution is 0.0600. The van der Waals surface area contributed by atoms with Gasteiger partial charge in [0.2, 0.25) is 0 Å². The van der Waals surface area contributed by atoms with E-state index < -0.39 is 11.7 Å². The summed E-state index contributed by atoms with van der Waals surface area (Å²) in [6.07, 6.45) is 3.21. The third kappa shape index (κ3) is 18.9. The van der Waals surface area contributed by atoms with Crippen LogP contribution in [-0.4, -0.2) is 32.0 Å². The van der Waals surface area contributed by atoms with Crippen molar-refractivity contribution in [2.45, 2.75) is 45.6 Å². The maximum atomic E-state index is 10.0. The van der Waals surface area contributed by atoms with Crippen LogP contribution in [0.5, 0.6) is 0 Å². The van der Waals surface area contributed by atoms with Crippen LogP contribution in [0.1, 0.15) is 40.0 Å². The molecular formula is C11H26N2O3. The summed E-state index contributed by atoms with van der Waals surface area (Å²) in [4.78, 5) is 10.0. The molecule has 98 valence electrons. The second-order valence-electron chi connectivity index (χ2n) is 4.21. The van der Waals surface area contributed by atoms with Gasteiger partial charge in [-0.3, -0.25) is 0 Å². The molecule has 1 rings (SSSR count). The predicted octanol–water partition coefficient (Wildman–Crippen LogP) is 1.64. The molecule has 0 aromatic heterocycles. The topological polar surface area (TPSA) is 87.6 Å². The highest BCUT2D eigenvalue weighted by molar-refractivity contribution is 5.65. The molecule has 1 fully saturated rings. The van der Waals surface area contributed by atoms with Gasteiger partial charge >= 0.3 is 6.09 Å². The van der Waals surface area contributed by atoms with Crippen LogP contribution in [0.4, 0.5) is 4.79 Å². The number of ether oxygens (including phenoxy) is 2. The van der Waals surface area contributed by atoms with Crippen LogP contribution in [0.25, 0.3) is 0 Å². The molecular weight excluding hydrogens is 208 g/mol. The summed E-state index contributed by atoms with van der Waals surface area (Å²) < 4.78 is 9.65. The van der Waals surface area contributed by atoms with E-state index in [0.29, 0.717) is 0 Å². The molecule has 0 radical (unpaired) electrons. The van der Waals surface area contributed by atoms with Crippen molar-refractivity contribution >= 4 is 6.09 Å². The van der Waals surface area contributed by atoms with Gasteiger partial charge in [-0.2, -0.15) is 0 Å². The van der Waals surface area contributed by atoms with Crippen molar-refractivity contribution in [3.05, 3.63) is 0 Å². The van der Waals surface area contributed by atoms with Gasteiger partial charge in [-0.1, -0.05) is 0 Å². The van der Waals surface area contributed by atoms with Crippen LogP contribution in [0, 0.1) is 0 Å². The molecule has 5 nitrogen and oxygen atoms in total.